The number of hydrogen-bond acceptors (Lipinski definition) is 1. The molecule has 0 bridgehead atoms. The fourth-order valence-electron chi connectivity index (χ4n) is 2.06. The van der Waals surface area contributed by atoms with E-state index in [2.05, 4.69) is 0 Å². The first-order chi connectivity index (χ1) is 8.72. The highest BCUT2D eigenvalue weighted by atomic mass is 16.2. The number of hydrogen-bond donors (Lipinski definition) is 0. The molecular weight excluding hydrogens is 224 g/mol. The largest absolute Gasteiger partial charge is 0.345 e. The number of likely N-dealkylation sites (N-methyl/N-ethyl adjacent to an activating group) is 1. The normalized spacial score (nSPS) is 10.3. The lowest BCUT2D eigenvalue weighted by molar-refractivity contribution is -0.119. The first-order valence-electron chi connectivity index (χ1n) is 6.19. The van der Waals surface area contributed by atoms with Crippen LogP contribution in [0.5, 0.6) is 0 Å². The van der Waals surface area contributed by atoms with E-state index >= 15 is 0 Å². The van der Waals surface area contributed by atoms with Gasteiger partial charge in [0.25, 0.3) is 0 Å². The Morgan fingerprint density at radius 3 is 2.44 bits per heavy atom. The predicted octanol–water partition coefficient (Wildman–Crippen LogP) is 2.85. The van der Waals surface area contributed by atoms with Crippen LogP contribution < -0.4 is 4.90 Å². The van der Waals surface area contributed by atoms with Gasteiger partial charge in [0.2, 0.25) is 5.91 Å². The van der Waals surface area contributed by atoms with Crippen molar-refractivity contribution in [2.45, 2.75) is 20.4 Å². The van der Waals surface area contributed by atoms with Crippen molar-refractivity contribution in [3.05, 3.63) is 54.4 Å². The zero-order chi connectivity index (χ0) is 13.0. The van der Waals surface area contributed by atoms with Gasteiger partial charge in [-0.15, -0.1) is 0 Å². The summed E-state index contributed by atoms with van der Waals surface area (Å²) in [6.07, 6.45) is 3.81. The van der Waals surface area contributed by atoms with E-state index in [0.717, 1.165) is 11.3 Å². The molecule has 1 aromatic heterocycles. The molecule has 0 aliphatic rings. The molecule has 0 fully saturated rings. The van der Waals surface area contributed by atoms with Gasteiger partial charge in [0, 0.05) is 24.6 Å². The molecule has 0 aliphatic carbocycles. The van der Waals surface area contributed by atoms with Crippen LogP contribution >= 0.6 is 0 Å². The Balaban J connectivity index is 2.18. The molecule has 0 radical (unpaired) electrons. The summed E-state index contributed by atoms with van der Waals surface area (Å²) in [4.78, 5) is 14.1. The second-order valence-electron chi connectivity index (χ2n) is 4.28. The number of amides is 1. The highest BCUT2D eigenvalue weighted by Crippen LogP contribution is 2.19. The first-order valence-corrected chi connectivity index (χ1v) is 6.19. The summed E-state index contributed by atoms with van der Waals surface area (Å²) in [5.74, 6) is 0.114. The molecule has 3 nitrogen and oxygen atoms in total. The van der Waals surface area contributed by atoms with Gasteiger partial charge in [0.1, 0.15) is 6.54 Å². The number of rotatable bonds is 4. The van der Waals surface area contributed by atoms with Crippen molar-refractivity contribution in [2.24, 2.45) is 0 Å². The van der Waals surface area contributed by atoms with Crippen molar-refractivity contribution in [3.8, 4) is 0 Å². The van der Waals surface area contributed by atoms with Gasteiger partial charge < -0.3 is 9.47 Å². The van der Waals surface area contributed by atoms with E-state index < -0.39 is 0 Å². The average molecular weight is 242 g/mol. The molecule has 18 heavy (non-hydrogen) atoms. The Kier molecular flexibility index (Phi) is 3.82. The molecule has 0 unspecified atom stereocenters. The van der Waals surface area contributed by atoms with Gasteiger partial charge in [-0.3, -0.25) is 4.79 Å². The molecular formula is C15H18N2O. The molecule has 0 saturated carbocycles. The second kappa shape index (κ2) is 5.54. The van der Waals surface area contributed by atoms with Crippen LogP contribution in [0.2, 0.25) is 0 Å². The smallest absolute Gasteiger partial charge is 0.246 e. The van der Waals surface area contributed by atoms with E-state index in [9.17, 15) is 4.79 Å². The van der Waals surface area contributed by atoms with Crippen molar-refractivity contribution in [3.63, 3.8) is 0 Å². The number of anilines is 1. The number of benzene rings is 1. The Labute approximate surface area is 108 Å². The second-order valence-corrected chi connectivity index (χ2v) is 4.28. The minimum Gasteiger partial charge on any atom is -0.345 e. The van der Waals surface area contributed by atoms with E-state index in [1.165, 1.54) is 0 Å². The Morgan fingerprint density at radius 1 is 1.17 bits per heavy atom. The van der Waals surface area contributed by atoms with Gasteiger partial charge in [0.05, 0.1) is 0 Å². The zero-order valence-electron chi connectivity index (χ0n) is 10.8. The van der Waals surface area contributed by atoms with Crippen LogP contribution in [0.4, 0.5) is 5.69 Å². The molecule has 2 rings (SSSR count). The summed E-state index contributed by atoms with van der Waals surface area (Å²) in [6, 6.07) is 11.8. The molecule has 1 aromatic carbocycles. The summed E-state index contributed by atoms with van der Waals surface area (Å²) in [6.45, 7) is 5.10. The van der Waals surface area contributed by atoms with Gasteiger partial charge in [0.15, 0.2) is 0 Å². The maximum absolute atomic E-state index is 12.3. The Bertz CT molecular complexity index is 517. The van der Waals surface area contributed by atoms with E-state index in [-0.39, 0.29) is 5.91 Å². The lowest BCUT2D eigenvalue weighted by atomic mass is 10.2. The summed E-state index contributed by atoms with van der Waals surface area (Å²) in [7, 11) is 0. The number of nitrogens with zero attached hydrogens (tertiary/aromatic N) is 2. The SMILES string of the molecule is CCN(C(=O)Cn1cccc1)c1ccccc1C. The molecule has 0 aliphatic heterocycles. The third kappa shape index (κ3) is 2.62. The van der Waals surface area contributed by atoms with Crippen LogP contribution in [0, 0.1) is 6.92 Å². The zero-order valence-corrected chi connectivity index (χ0v) is 10.8. The monoisotopic (exact) mass is 242 g/mol. The van der Waals surface area contributed by atoms with Crippen molar-refractivity contribution in [1.82, 2.24) is 4.57 Å². The van der Waals surface area contributed by atoms with Crippen molar-refractivity contribution >= 4 is 11.6 Å². The van der Waals surface area contributed by atoms with Crippen LogP contribution in [-0.4, -0.2) is 17.0 Å². The number of para-hydroxylation sites is 1. The van der Waals surface area contributed by atoms with Crippen molar-refractivity contribution in [2.75, 3.05) is 11.4 Å². The highest BCUT2D eigenvalue weighted by Gasteiger charge is 2.15. The molecule has 0 saturated heterocycles. The number of carbonyl (C=O) groups excluding carboxylic acids is 1. The molecule has 2 aromatic rings. The lowest BCUT2D eigenvalue weighted by Gasteiger charge is -2.23. The van der Waals surface area contributed by atoms with E-state index in [1.54, 1.807) is 0 Å². The molecule has 0 atom stereocenters. The Hall–Kier alpha value is -2.03. The van der Waals surface area contributed by atoms with Crippen molar-refractivity contribution < 1.29 is 4.79 Å². The van der Waals surface area contributed by atoms with Crippen LogP contribution in [0.15, 0.2) is 48.8 Å². The van der Waals surface area contributed by atoms with Crippen LogP contribution in [0.1, 0.15) is 12.5 Å². The molecule has 94 valence electrons. The van der Waals surface area contributed by atoms with Gasteiger partial charge in [-0.05, 0) is 37.6 Å². The van der Waals surface area contributed by atoms with Gasteiger partial charge in [-0.25, -0.2) is 0 Å². The van der Waals surface area contributed by atoms with E-state index in [0.29, 0.717) is 13.1 Å². The number of aromatic nitrogens is 1. The maximum Gasteiger partial charge on any atom is 0.246 e. The van der Waals surface area contributed by atoms with Crippen LogP contribution in [-0.2, 0) is 11.3 Å². The van der Waals surface area contributed by atoms with Crippen LogP contribution in [0.3, 0.4) is 0 Å². The molecule has 3 heteroatoms. The maximum atomic E-state index is 12.3. The van der Waals surface area contributed by atoms with Crippen molar-refractivity contribution in [1.29, 1.82) is 0 Å². The van der Waals surface area contributed by atoms with Gasteiger partial charge >= 0.3 is 0 Å². The summed E-state index contributed by atoms with van der Waals surface area (Å²) < 4.78 is 1.89. The average Bonchev–Trinajstić information content (AvgIpc) is 2.85. The summed E-state index contributed by atoms with van der Waals surface area (Å²) in [5.41, 5.74) is 2.12. The van der Waals surface area contributed by atoms with Crippen LogP contribution in [0.25, 0.3) is 0 Å². The summed E-state index contributed by atoms with van der Waals surface area (Å²) >= 11 is 0. The number of carbonyl (C=O) groups is 1. The van der Waals surface area contributed by atoms with Gasteiger partial charge in [-0.2, -0.15) is 0 Å². The fraction of sp³-hybridized carbons (Fsp3) is 0.267. The minimum atomic E-state index is 0.114. The third-order valence-corrected chi connectivity index (χ3v) is 3.01. The third-order valence-electron chi connectivity index (χ3n) is 3.01. The number of aryl methyl sites for hydroxylation is 1. The molecule has 1 amide bonds. The molecule has 0 spiro atoms. The first kappa shape index (κ1) is 12.4. The van der Waals surface area contributed by atoms with E-state index in [4.69, 9.17) is 0 Å². The molecule has 0 N–H and O–H groups in total. The van der Waals surface area contributed by atoms with Gasteiger partial charge in [-0.1, -0.05) is 18.2 Å². The topological polar surface area (TPSA) is 25.2 Å². The fourth-order valence-corrected chi connectivity index (χ4v) is 2.06. The molecule has 1 heterocycles. The predicted molar refractivity (Wildman–Crippen MR) is 73.6 cm³/mol. The van der Waals surface area contributed by atoms with E-state index in [1.807, 2.05) is 72.1 Å². The Morgan fingerprint density at radius 2 is 1.83 bits per heavy atom. The lowest BCUT2D eigenvalue weighted by Crippen LogP contribution is -2.33. The quantitative estimate of drug-likeness (QED) is 0.809. The highest BCUT2D eigenvalue weighted by molar-refractivity contribution is 5.93. The summed E-state index contributed by atoms with van der Waals surface area (Å²) in [5, 5.41) is 0. The minimum absolute atomic E-state index is 0.114. The standard InChI is InChI=1S/C15H18N2O/c1-3-17(14-9-5-4-8-13(14)2)15(18)12-16-10-6-7-11-16/h4-11H,3,12H2,1-2H3.